The van der Waals surface area contributed by atoms with Crippen molar-refractivity contribution in [2.45, 2.75) is 0 Å². The molecule has 0 spiro atoms. The van der Waals surface area contributed by atoms with Crippen molar-refractivity contribution in [1.29, 1.82) is 0 Å². The molecule has 0 atom stereocenters. The Morgan fingerprint density at radius 3 is 1.22 bits per heavy atom. The fourth-order valence-corrected chi connectivity index (χ4v) is 0. The second kappa shape index (κ2) is 11.9. The van der Waals surface area contributed by atoms with E-state index in [0.29, 0.717) is 7.92 Å². The SMILES string of the molecule is CP(C)C.O=C(Cl)Cl.[Co]. The minimum atomic E-state index is -0.889. The third-order valence-corrected chi connectivity index (χ3v) is 0. The number of hydrogen-bond donors (Lipinski definition) is 0. The van der Waals surface area contributed by atoms with Gasteiger partial charge in [0, 0.05) is 16.8 Å². The maximum absolute atomic E-state index is 8.98. The van der Waals surface area contributed by atoms with E-state index in [-0.39, 0.29) is 16.8 Å². The van der Waals surface area contributed by atoms with Crippen LogP contribution in [0.5, 0.6) is 0 Å². The molecule has 1 radical (unpaired) electrons. The van der Waals surface area contributed by atoms with Gasteiger partial charge in [-0.2, -0.15) is 0 Å². The Bertz CT molecular complexity index is 62.8. The number of carbonyl (C=O) groups excluding carboxylic acids is 1. The molecule has 0 heterocycles. The van der Waals surface area contributed by atoms with Gasteiger partial charge in [0.1, 0.15) is 0 Å². The van der Waals surface area contributed by atoms with Crippen LogP contribution in [0.2, 0.25) is 0 Å². The molecule has 0 aromatic carbocycles. The van der Waals surface area contributed by atoms with Crippen LogP contribution in [0.15, 0.2) is 0 Å². The summed E-state index contributed by atoms with van der Waals surface area (Å²) < 4.78 is -0.889. The molecule has 0 amide bonds. The summed E-state index contributed by atoms with van der Waals surface area (Å²) >= 11 is 8.80. The molecular formula is C4H9Cl2CoOP. The second-order valence-corrected chi connectivity index (χ2v) is 5.13. The molecule has 0 bridgehead atoms. The summed E-state index contributed by atoms with van der Waals surface area (Å²) in [5.41, 5.74) is 0. The molecule has 0 aliphatic heterocycles. The van der Waals surface area contributed by atoms with Gasteiger partial charge in [0.15, 0.2) is 0 Å². The van der Waals surface area contributed by atoms with Gasteiger partial charge in [-0.25, -0.2) is 0 Å². The molecule has 0 aliphatic rings. The zero-order chi connectivity index (χ0) is 7.15. The average Bonchev–Trinajstić information content (AvgIpc) is 1.25. The van der Waals surface area contributed by atoms with Gasteiger partial charge < -0.3 is 0 Å². The van der Waals surface area contributed by atoms with E-state index >= 15 is 0 Å². The van der Waals surface area contributed by atoms with E-state index in [1.165, 1.54) is 0 Å². The summed E-state index contributed by atoms with van der Waals surface area (Å²) in [4.78, 5) is 8.98. The van der Waals surface area contributed by atoms with Crippen molar-refractivity contribution in [1.82, 2.24) is 0 Å². The smallest absolute Gasteiger partial charge is 0.262 e. The van der Waals surface area contributed by atoms with Gasteiger partial charge in [-0.05, 0) is 43.2 Å². The fraction of sp³-hybridized carbons (Fsp3) is 0.750. The molecule has 0 fully saturated rings. The topological polar surface area (TPSA) is 17.1 Å². The van der Waals surface area contributed by atoms with E-state index in [4.69, 9.17) is 4.79 Å². The van der Waals surface area contributed by atoms with Gasteiger partial charge in [-0.15, -0.1) is 7.92 Å². The van der Waals surface area contributed by atoms with Gasteiger partial charge in [0.05, 0.1) is 0 Å². The summed E-state index contributed by atoms with van der Waals surface area (Å²) in [5, 5.41) is 0. The Hall–Kier alpha value is 1.19. The minimum absolute atomic E-state index is 0. The molecule has 0 aromatic rings. The van der Waals surface area contributed by atoms with Gasteiger partial charge in [-0.1, -0.05) is 0 Å². The Kier molecular flexibility index (Phi) is 22.0. The predicted molar refractivity (Wildman–Crippen MR) is 41.8 cm³/mol. The van der Waals surface area contributed by atoms with Crippen LogP contribution >= 0.6 is 31.1 Å². The van der Waals surface area contributed by atoms with E-state index in [1.54, 1.807) is 0 Å². The zero-order valence-corrected chi connectivity index (χ0v) is 8.89. The molecule has 59 valence electrons. The number of halogens is 2. The first-order chi connectivity index (χ1) is 3.46. The van der Waals surface area contributed by atoms with Gasteiger partial charge in [-0.3, -0.25) is 4.79 Å². The van der Waals surface area contributed by atoms with Crippen LogP contribution in [0.1, 0.15) is 0 Å². The van der Waals surface area contributed by atoms with Crippen molar-refractivity contribution in [2.24, 2.45) is 0 Å². The van der Waals surface area contributed by atoms with Crippen LogP contribution in [0.4, 0.5) is 4.79 Å². The molecule has 0 N–H and O–H groups in total. The summed E-state index contributed by atoms with van der Waals surface area (Å²) in [6.07, 6.45) is 0. The normalized spacial score (nSPS) is 6.89. The average molecular weight is 234 g/mol. The van der Waals surface area contributed by atoms with Crippen molar-refractivity contribution in [3.05, 3.63) is 0 Å². The quantitative estimate of drug-likeness (QED) is 0.465. The van der Waals surface area contributed by atoms with Crippen molar-refractivity contribution < 1.29 is 21.6 Å². The van der Waals surface area contributed by atoms with E-state index in [9.17, 15) is 0 Å². The van der Waals surface area contributed by atoms with Gasteiger partial charge >= 0.3 is 4.70 Å². The van der Waals surface area contributed by atoms with Crippen LogP contribution in [0.3, 0.4) is 0 Å². The van der Waals surface area contributed by atoms with Crippen molar-refractivity contribution in [3.63, 3.8) is 0 Å². The van der Waals surface area contributed by atoms with Crippen molar-refractivity contribution in [2.75, 3.05) is 20.0 Å². The summed E-state index contributed by atoms with van der Waals surface area (Å²) in [5.74, 6) is 0. The molecule has 0 unspecified atom stereocenters. The van der Waals surface area contributed by atoms with Crippen LogP contribution in [-0.2, 0) is 16.8 Å². The van der Waals surface area contributed by atoms with E-state index in [0.717, 1.165) is 0 Å². The third kappa shape index (κ3) is 337. The third-order valence-electron chi connectivity index (χ3n) is 0. The predicted octanol–water partition coefficient (Wildman–Crippen LogP) is 2.94. The van der Waals surface area contributed by atoms with Crippen molar-refractivity contribution in [3.8, 4) is 0 Å². The van der Waals surface area contributed by atoms with Gasteiger partial charge in [0.2, 0.25) is 0 Å². The minimum Gasteiger partial charge on any atom is -0.262 e. The summed E-state index contributed by atoms with van der Waals surface area (Å²) in [6, 6.07) is 0. The molecule has 5 heteroatoms. The maximum Gasteiger partial charge on any atom is 0.313 e. The number of hydrogen-bond acceptors (Lipinski definition) is 1. The van der Waals surface area contributed by atoms with Crippen LogP contribution in [-0.4, -0.2) is 24.7 Å². The largest absolute Gasteiger partial charge is 0.313 e. The molecule has 0 aromatic heterocycles. The van der Waals surface area contributed by atoms with Crippen LogP contribution in [0.25, 0.3) is 0 Å². The van der Waals surface area contributed by atoms with E-state index in [2.05, 4.69) is 43.2 Å². The first-order valence-corrected chi connectivity index (χ1v) is 5.36. The Morgan fingerprint density at radius 1 is 1.22 bits per heavy atom. The standard InChI is InChI=1S/C3H9P.CCl2O.Co/c1-4(2)3;2-1(3)4;/h1-3H3;;. The Morgan fingerprint density at radius 2 is 1.22 bits per heavy atom. The maximum atomic E-state index is 8.98. The molecule has 0 rings (SSSR count). The summed E-state index contributed by atoms with van der Waals surface area (Å²) in [6.45, 7) is 6.69. The van der Waals surface area contributed by atoms with Gasteiger partial charge in [0.25, 0.3) is 0 Å². The first-order valence-electron chi connectivity index (χ1n) is 1.92. The van der Waals surface area contributed by atoms with Crippen LogP contribution in [0, 0.1) is 0 Å². The monoisotopic (exact) mass is 233 g/mol. The number of rotatable bonds is 0. The molecule has 0 saturated carbocycles. The zero-order valence-electron chi connectivity index (χ0n) is 5.44. The molecule has 0 saturated heterocycles. The second-order valence-electron chi connectivity index (χ2n) is 1.57. The molecule has 9 heavy (non-hydrogen) atoms. The van der Waals surface area contributed by atoms with E-state index in [1.807, 2.05) is 0 Å². The first kappa shape index (κ1) is 16.6. The van der Waals surface area contributed by atoms with Crippen molar-refractivity contribution >= 4 is 35.8 Å². The fourth-order valence-electron chi connectivity index (χ4n) is 0. The summed E-state index contributed by atoms with van der Waals surface area (Å²) in [7, 11) is 0.380. The molecule has 0 aliphatic carbocycles. The number of carbonyl (C=O) groups is 1. The molecule has 1 nitrogen and oxygen atoms in total. The van der Waals surface area contributed by atoms with E-state index < -0.39 is 4.70 Å². The van der Waals surface area contributed by atoms with Crippen LogP contribution < -0.4 is 0 Å². The Labute approximate surface area is 77.4 Å². The molecular weight excluding hydrogens is 225 g/mol. The Balaban J connectivity index is -0.0000000720.